The lowest BCUT2D eigenvalue weighted by Crippen LogP contribution is -2.38. The number of nitrogens with two attached hydrogens (primary N) is 1. The zero-order valence-electron chi connectivity index (χ0n) is 42.1. The molecule has 0 atom stereocenters. The van der Waals surface area contributed by atoms with Crippen LogP contribution in [-0.2, 0) is 67.3 Å². The Morgan fingerprint density at radius 2 is 0.944 bits per heavy atom. The number of carbonyl (C=O) groups excluding carboxylic acids is 8. The highest BCUT2D eigenvalue weighted by Crippen LogP contribution is 2.25. The van der Waals surface area contributed by atoms with E-state index < -0.39 is 23.8 Å². The van der Waals surface area contributed by atoms with Crippen LogP contribution in [0.5, 0.6) is 0 Å². The van der Waals surface area contributed by atoms with Crippen molar-refractivity contribution in [2.24, 2.45) is 5.73 Å². The normalized spacial score (nSPS) is 13.9. The first kappa shape index (κ1) is 59.7. The van der Waals surface area contributed by atoms with Crippen molar-refractivity contribution < 1.29 is 53.1 Å². The Kier molecular flexibility index (Phi) is 26.6. The van der Waals surface area contributed by atoms with E-state index in [0.29, 0.717) is 44.0 Å². The largest absolute Gasteiger partial charge is 0.481 e. The summed E-state index contributed by atoms with van der Waals surface area (Å²) in [5, 5.41) is 11.9. The molecule has 3 aliphatic heterocycles. The van der Waals surface area contributed by atoms with E-state index in [1.54, 1.807) is 0 Å². The van der Waals surface area contributed by atoms with Crippen LogP contribution in [0.1, 0.15) is 136 Å². The average molecular weight is 1040 g/mol. The summed E-state index contributed by atoms with van der Waals surface area (Å²) in [4.78, 5) is 116. The van der Waals surface area contributed by atoms with Gasteiger partial charge in [0, 0.05) is 112 Å². The van der Waals surface area contributed by atoms with Crippen LogP contribution in [0.25, 0.3) is 0 Å². The van der Waals surface area contributed by atoms with Crippen LogP contribution < -0.4 is 11.1 Å². The third-order valence-electron chi connectivity index (χ3n) is 11.5. The highest BCUT2D eigenvalue weighted by molar-refractivity contribution is 7.12. The first-order valence-electron chi connectivity index (χ1n) is 24.3. The van der Waals surface area contributed by atoms with Crippen molar-refractivity contribution in [1.29, 1.82) is 0 Å². The molecule has 0 aromatic carbocycles. The third kappa shape index (κ3) is 22.1. The predicted octanol–water partition coefficient (Wildman–Crippen LogP) is 8.01. The number of rotatable bonds is 24. The fraction of sp³-hybridized carbons (Fsp3) is 0.519. The van der Waals surface area contributed by atoms with E-state index in [0.717, 1.165) is 80.4 Å². The molecule has 3 aliphatic rings. The Morgan fingerprint density at radius 3 is 1.31 bits per heavy atom. The second-order valence-electron chi connectivity index (χ2n) is 17.4. The lowest BCUT2D eigenvalue weighted by molar-refractivity contribution is -0.197. The predicted molar refractivity (Wildman–Crippen MR) is 276 cm³/mol. The van der Waals surface area contributed by atoms with Gasteiger partial charge in [0.2, 0.25) is 5.91 Å². The van der Waals surface area contributed by atoms with Crippen molar-refractivity contribution in [2.45, 2.75) is 151 Å². The first-order chi connectivity index (χ1) is 33.8. The van der Waals surface area contributed by atoms with Gasteiger partial charge in [-0.15, -0.1) is 39.1 Å². The summed E-state index contributed by atoms with van der Waals surface area (Å²) in [5.74, 6) is -3.23. The zero-order valence-corrected chi connectivity index (χ0v) is 44.5. The molecule has 3 aromatic heterocycles. The Balaban J connectivity index is 0.000000262. The molecule has 6 rings (SSSR count). The lowest BCUT2D eigenvalue weighted by atomic mass is 10.1. The Hall–Kier alpha value is -5.63. The Morgan fingerprint density at radius 1 is 0.563 bits per heavy atom. The highest BCUT2D eigenvalue weighted by atomic mass is 32.1. The Bertz CT molecular complexity index is 2330. The summed E-state index contributed by atoms with van der Waals surface area (Å²) in [5.41, 5.74) is 9.41. The number of hydrogen-bond donors (Lipinski definition) is 3. The van der Waals surface area contributed by atoms with Gasteiger partial charge in [-0.3, -0.25) is 48.2 Å². The molecule has 7 amide bonds. The summed E-state index contributed by atoms with van der Waals surface area (Å²) in [6.45, 7) is 14.0. The summed E-state index contributed by atoms with van der Waals surface area (Å²) < 4.78 is 0. The second kappa shape index (κ2) is 31.7. The van der Waals surface area contributed by atoms with E-state index in [9.17, 15) is 43.2 Å². The van der Waals surface area contributed by atoms with E-state index >= 15 is 0 Å². The van der Waals surface area contributed by atoms with Crippen molar-refractivity contribution >= 4 is 87.3 Å². The van der Waals surface area contributed by atoms with E-state index in [1.807, 2.05) is 34.0 Å². The van der Waals surface area contributed by atoms with Crippen LogP contribution in [0.15, 0.2) is 42.5 Å². The summed E-state index contributed by atoms with van der Waals surface area (Å²) in [7, 11) is 0. The first-order valence-corrected chi connectivity index (χ1v) is 26.7. The lowest BCUT2D eigenvalue weighted by Gasteiger charge is -2.13. The molecule has 3 aromatic rings. The molecule has 0 unspecified atom stereocenters. The van der Waals surface area contributed by atoms with Crippen LogP contribution in [0.3, 0.4) is 0 Å². The number of amides is 7. The Labute approximate surface area is 429 Å². The number of imide groups is 3. The molecule has 1 fully saturated rings. The monoisotopic (exact) mass is 1040 g/mol. The van der Waals surface area contributed by atoms with E-state index in [4.69, 9.17) is 15.7 Å². The van der Waals surface area contributed by atoms with Gasteiger partial charge in [0.25, 0.3) is 35.4 Å². The molecule has 4 N–H and O–H groups in total. The number of nitrogens with one attached hydrogen (secondary N) is 1. The van der Waals surface area contributed by atoms with Gasteiger partial charge in [-0.05, 0) is 134 Å². The molecule has 16 nitrogen and oxygen atoms in total. The fourth-order valence-electron chi connectivity index (χ4n) is 7.74. The number of nitrogens with zero attached hydrogens (tertiary/aromatic N) is 3. The molecule has 0 radical (unpaired) electrons. The zero-order chi connectivity index (χ0) is 52.5. The number of hydroxylamine groups is 2. The molecular weight excluding hydrogens is 967 g/mol. The molecule has 0 saturated carbocycles. The number of hydrogen-bond acceptors (Lipinski definition) is 14. The van der Waals surface area contributed by atoms with Crippen LogP contribution in [-0.4, -0.2) is 99.4 Å². The van der Waals surface area contributed by atoms with Gasteiger partial charge in [0.1, 0.15) is 0 Å². The van der Waals surface area contributed by atoms with Crippen molar-refractivity contribution in [3.63, 3.8) is 0 Å². The third-order valence-corrected chi connectivity index (χ3v) is 14.5. The van der Waals surface area contributed by atoms with Gasteiger partial charge in [-0.1, -0.05) is 19.3 Å². The van der Waals surface area contributed by atoms with Crippen LogP contribution >= 0.6 is 34.0 Å². The molecule has 0 aliphatic carbocycles. The van der Waals surface area contributed by atoms with Gasteiger partial charge >= 0.3 is 11.9 Å². The minimum absolute atomic E-state index is 0.0235. The van der Waals surface area contributed by atoms with Gasteiger partial charge in [-0.2, -0.15) is 0 Å². The maximum atomic E-state index is 11.8. The fourth-order valence-corrected chi connectivity index (χ4v) is 10.7. The molecule has 0 spiro atoms. The van der Waals surface area contributed by atoms with Crippen LogP contribution in [0.4, 0.5) is 0 Å². The number of carboxylic acids is 1. The molecule has 6 heterocycles. The van der Waals surface area contributed by atoms with Gasteiger partial charge < -0.3 is 21.0 Å². The summed E-state index contributed by atoms with van der Waals surface area (Å²) in [6, 6.07) is 6.72. The molecule has 388 valence electrons. The van der Waals surface area contributed by atoms with Gasteiger partial charge in [0.05, 0.1) is 0 Å². The number of aryl methyl sites for hydroxylation is 9. The maximum Gasteiger partial charge on any atom is 0.333 e. The molecule has 19 heteroatoms. The number of carboxylic acid groups (broad SMARTS) is 1. The topological polar surface area (TPSA) is 231 Å². The van der Waals surface area contributed by atoms with Crippen LogP contribution in [0, 0.1) is 41.5 Å². The van der Waals surface area contributed by atoms with E-state index in [1.165, 1.54) is 70.3 Å². The van der Waals surface area contributed by atoms with Crippen molar-refractivity contribution in [2.75, 3.05) is 26.2 Å². The van der Waals surface area contributed by atoms with E-state index in [2.05, 4.69) is 65.1 Å². The van der Waals surface area contributed by atoms with Crippen molar-refractivity contribution in [1.82, 2.24) is 20.2 Å². The maximum absolute atomic E-state index is 11.8. The number of thiophene rings is 3. The summed E-state index contributed by atoms with van der Waals surface area (Å²) in [6.07, 6.45) is 18.0. The quantitative estimate of drug-likeness (QED) is 0.0572. The minimum atomic E-state index is -0.683. The van der Waals surface area contributed by atoms with Crippen molar-refractivity contribution in [3.05, 3.63) is 88.5 Å². The minimum Gasteiger partial charge on any atom is -0.481 e. The smallest absolute Gasteiger partial charge is 0.333 e. The van der Waals surface area contributed by atoms with Gasteiger partial charge in [-0.25, -0.2) is 4.79 Å². The summed E-state index contributed by atoms with van der Waals surface area (Å²) >= 11 is 5.49. The van der Waals surface area contributed by atoms with Crippen LogP contribution in [0.2, 0.25) is 0 Å². The number of carbonyl (C=O) groups is 9. The SMILES string of the molecule is Cc1cc(CCCCCC(=O)NCCN2C(=O)C=CC2=O)c(C)s1.Cc1cc(CCCCCC(=O)O)c(C)s1.Cc1cc(CCCCCC(=O)ON2C(=O)CCC2=O)c(C)s1.NCCN1C(=O)C=CC1=O. The highest BCUT2D eigenvalue weighted by Gasteiger charge is 2.32. The second-order valence-corrected chi connectivity index (χ2v) is 21.8. The molecule has 71 heavy (non-hydrogen) atoms. The molecule has 1 saturated heterocycles. The molecular formula is C52H71N5O11S3. The van der Waals surface area contributed by atoms with E-state index in [-0.39, 0.29) is 55.3 Å². The van der Waals surface area contributed by atoms with Crippen molar-refractivity contribution in [3.8, 4) is 0 Å². The number of unbranched alkanes of at least 4 members (excludes halogenated alkanes) is 6. The standard InChI is InChI=1S/C18H24N2O3S.C16H21NO4S.C12H18O2S.C6H8N2O2/c1-13-12-15(14(2)24-13)6-4-3-5-7-16(21)19-10-11-20-17(22)8-9-18(20)23;1-11-10-13(12(2)22-11)6-4-3-5-7-16(20)21-17-14(18)8-9-15(17)19;1-9-8-11(10(2)15-9)6-4-3-5-7-12(13)14;7-3-4-8-5(9)1-2-6(8)10/h8-9,12H,3-7,10-11H2,1-2H3,(H,19,21);10H,3-9H2,1-2H3;8H,3-7H2,1-2H3,(H,13,14);1-2H,3-4,7H2. The average Bonchev–Trinajstić information content (AvgIpc) is 4.15. The molecule has 0 bridgehead atoms. The number of aliphatic carboxylic acids is 1. The van der Waals surface area contributed by atoms with Gasteiger partial charge in [0.15, 0.2) is 0 Å².